The van der Waals surface area contributed by atoms with E-state index in [1.165, 1.54) is 23.9 Å². The SMILES string of the molecule is CCSc1c(C#N)c([N-]S(=O)(=O)c2ccccc2)nn1-c1ccccc1. The molecule has 0 amide bonds. The molecule has 0 aliphatic heterocycles. The standard InChI is InChI=1S/C18H15N4O2S2/c1-2-25-18-16(13-19)17(20-22(18)14-9-5-3-6-10-14)21-26(23,24)15-11-7-4-8-12-15/h3-12H,2H2,1H3/q-1. The minimum absolute atomic E-state index is 0.0582. The molecule has 6 nitrogen and oxygen atoms in total. The van der Waals surface area contributed by atoms with Gasteiger partial charge in [-0.05, 0) is 35.8 Å². The Kier molecular flexibility index (Phi) is 5.30. The van der Waals surface area contributed by atoms with Gasteiger partial charge in [0.05, 0.1) is 15.5 Å². The highest BCUT2D eigenvalue weighted by molar-refractivity contribution is 7.99. The van der Waals surface area contributed by atoms with Gasteiger partial charge in [-0.15, -0.1) is 11.8 Å². The fourth-order valence-corrected chi connectivity index (χ4v) is 4.11. The molecule has 0 aliphatic rings. The molecule has 132 valence electrons. The highest BCUT2D eigenvalue weighted by atomic mass is 32.2. The van der Waals surface area contributed by atoms with Crippen LogP contribution in [0.5, 0.6) is 0 Å². The first kappa shape index (κ1) is 18.0. The average molecular weight is 383 g/mol. The first-order chi connectivity index (χ1) is 12.6. The topological polar surface area (TPSA) is 89.8 Å². The van der Waals surface area contributed by atoms with Crippen LogP contribution in [0.3, 0.4) is 0 Å². The number of hydrogen-bond donors (Lipinski definition) is 0. The maximum absolute atomic E-state index is 12.6. The van der Waals surface area contributed by atoms with Crippen LogP contribution in [0.25, 0.3) is 10.4 Å². The third kappa shape index (κ3) is 3.59. The van der Waals surface area contributed by atoms with Crippen LogP contribution < -0.4 is 0 Å². The Hall–Kier alpha value is -2.76. The Morgan fingerprint density at radius 1 is 1.12 bits per heavy atom. The van der Waals surface area contributed by atoms with Crippen LogP contribution in [-0.2, 0) is 10.0 Å². The quantitative estimate of drug-likeness (QED) is 0.594. The molecule has 1 aromatic heterocycles. The molecule has 0 saturated carbocycles. The van der Waals surface area contributed by atoms with Gasteiger partial charge in [0.25, 0.3) is 0 Å². The lowest BCUT2D eigenvalue weighted by Crippen LogP contribution is -1.99. The van der Waals surface area contributed by atoms with E-state index in [0.717, 1.165) is 5.69 Å². The van der Waals surface area contributed by atoms with Crippen LogP contribution in [0.1, 0.15) is 12.5 Å². The molecule has 0 atom stereocenters. The second-order valence-corrected chi connectivity index (χ2v) is 8.03. The van der Waals surface area contributed by atoms with Gasteiger partial charge in [0.1, 0.15) is 6.07 Å². The molecule has 0 unspecified atom stereocenters. The Morgan fingerprint density at radius 2 is 1.73 bits per heavy atom. The summed E-state index contributed by atoms with van der Waals surface area (Å²) in [5.41, 5.74) is 0.888. The molecule has 3 rings (SSSR count). The average Bonchev–Trinajstić information content (AvgIpc) is 3.00. The van der Waals surface area contributed by atoms with Crippen LogP contribution in [0.4, 0.5) is 5.82 Å². The number of rotatable bonds is 6. The van der Waals surface area contributed by atoms with Crippen molar-refractivity contribution in [2.24, 2.45) is 0 Å². The number of nitrogens with zero attached hydrogens (tertiary/aromatic N) is 4. The molecule has 26 heavy (non-hydrogen) atoms. The number of nitriles is 1. The lowest BCUT2D eigenvalue weighted by atomic mass is 10.3. The third-order valence-electron chi connectivity index (χ3n) is 3.47. The van der Waals surface area contributed by atoms with E-state index in [0.29, 0.717) is 10.8 Å². The number of para-hydroxylation sites is 1. The molecule has 0 saturated heterocycles. The summed E-state index contributed by atoms with van der Waals surface area (Å²) in [6, 6.07) is 19.2. The van der Waals surface area contributed by atoms with Crippen molar-refractivity contribution in [1.82, 2.24) is 9.78 Å². The molecule has 0 bridgehead atoms. The van der Waals surface area contributed by atoms with Crippen molar-refractivity contribution in [1.29, 1.82) is 5.26 Å². The van der Waals surface area contributed by atoms with Gasteiger partial charge in [-0.3, -0.25) is 0 Å². The second-order valence-electron chi connectivity index (χ2n) is 5.18. The zero-order chi connectivity index (χ0) is 18.6. The molecule has 0 spiro atoms. The Labute approximate surface area is 156 Å². The van der Waals surface area contributed by atoms with Gasteiger partial charge in [-0.25, -0.2) is 8.42 Å². The first-order valence-electron chi connectivity index (χ1n) is 7.81. The van der Waals surface area contributed by atoms with Crippen molar-refractivity contribution < 1.29 is 8.42 Å². The maximum atomic E-state index is 12.6. The number of sulfonamides is 1. The molecular weight excluding hydrogens is 368 g/mol. The summed E-state index contributed by atoms with van der Waals surface area (Å²) in [5, 5.41) is 14.5. The molecule has 1 heterocycles. The minimum Gasteiger partial charge on any atom is -0.367 e. The van der Waals surface area contributed by atoms with Crippen molar-refractivity contribution in [3.05, 3.63) is 70.9 Å². The lowest BCUT2D eigenvalue weighted by Gasteiger charge is -2.13. The van der Waals surface area contributed by atoms with Crippen molar-refractivity contribution >= 4 is 27.6 Å². The number of hydrogen-bond acceptors (Lipinski definition) is 5. The third-order valence-corrected chi connectivity index (χ3v) is 5.69. The van der Waals surface area contributed by atoms with E-state index in [1.807, 2.05) is 37.3 Å². The molecule has 3 aromatic rings. The summed E-state index contributed by atoms with van der Waals surface area (Å²) >= 11 is 1.41. The summed E-state index contributed by atoms with van der Waals surface area (Å²) in [4.78, 5) is 0.0582. The monoisotopic (exact) mass is 383 g/mol. The first-order valence-corrected chi connectivity index (χ1v) is 10.2. The summed E-state index contributed by atoms with van der Waals surface area (Å²) in [6.45, 7) is 1.95. The molecule has 0 radical (unpaired) electrons. The molecule has 0 N–H and O–H groups in total. The Morgan fingerprint density at radius 3 is 2.31 bits per heavy atom. The lowest BCUT2D eigenvalue weighted by molar-refractivity contribution is 0.603. The normalized spacial score (nSPS) is 11.1. The van der Waals surface area contributed by atoms with E-state index in [2.05, 4.69) is 15.9 Å². The van der Waals surface area contributed by atoms with E-state index in [-0.39, 0.29) is 16.3 Å². The van der Waals surface area contributed by atoms with Crippen molar-refractivity contribution in [3.63, 3.8) is 0 Å². The van der Waals surface area contributed by atoms with Crippen LogP contribution in [-0.4, -0.2) is 24.0 Å². The molecule has 2 aromatic carbocycles. The van der Waals surface area contributed by atoms with Gasteiger partial charge in [0, 0.05) is 5.69 Å². The summed E-state index contributed by atoms with van der Waals surface area (Å²) < 4.78 is 30.5. The highest BCUT2D eigenvalue weighted by Crippen LogP contribution is 2.36. The van der Waals surface area contributed by atoms with Crippen LogP contribution in [0, 0.1) is 11.3 Å². The molecule has 0 aliphatic carbocycles. The summed E-state index contributed by atoms with van der Waals surface area (Å²) in [5.74, 6) is 0.606. The highest BCUT2D eigenvalue weighted by Gasteiger charge is 2.16. The van der Waals surface area contributed by atoms with Crippen molar-refractivity contribution in [2.45, 2.75) is 16.8 Å². The minimum atomic E-state index is -3.96. The van der Waals surface area contributed by atoms with E-state index >= 15 is 0 Å². The van der Waals surface area contributed by atoms with Crippen LogP contribution >= 0.6 is 11.8 Å². The summed E-state index contributed by atoms with van der Waals surface area (Å²) in [6.07, 6.45) is 0. The van der Waals surface area contributed by atoms with E-state index in [1.54, 1.807) is 22.9 Å². The van der Waals surface area contributed by atoms with Crippen LogP contribution in [0.15, 0.2) is 70.6 Å². The van der Waals surface area contributed by atoms with Gasteiger partial charge >= 0.3 is 0 Å². The van der Waals surface area contributed by atoms with Gasteiger partial charge < -0.3 is 14.5 Å². The number of aromatic nitrogens is 2. The van der Waals surface area contributed by atoms with Gasteiger partial charge in [-0.1, -0.05) is 43.3 Å². The zero-order valence-corrected chi connectivity index (χ0v) is 15.5. The Bertz CT molecular complexity index is 1040. The van der Waals surface area contributed by atoms with Gasteiger partial charge in [0.2, 0.25) is 10.0 Å². The van der Waals surface area contributed by atoms with E-state index in [9.17, 15) is 13.7 Å². The van der Waals surface area contributed by atoms with Crippen LogP contribution in [0.2, 0.25) is 0 Å². The largest absolute Gasteiger partial charge is 0.367 e. The predicted molar refractivity (Wildman–Crippen MR) is 101 cm³/mol. The summed E-state index contributed by atoms with van der Waals surface area (Å²) in [7, 11) is -3.96. The molecule has 8 heteroatoms. The second kappa shape index (κ2) is 7.64. The fourth-order valence-electron chi connectivity index (χ4n) is 2.33. The van der Waals surface area contributed by atoms with E-state index < -0.39 is 10.0 Å². The van der Waals surface area contributed by atoms with Gasteiger partial charge in [-0.2, -0.15) is 5.26 Å². The fraction of sp³-hybridized carbons (Fsp3) is 0.111. The smallest absolute Gasteiger partial charge is 0.202 e. The number of thioether (sulfide) groups is 1. The van der Waals surface area contributed by atoms with E-state index in [4.69, 9.17) is 0 Å². The molecular formula is C18H15N4O2S2-. The number of benzene rings is 2. The maximum Gasteiger partial charge on any atom is 0.202 e. The zero-order valence-electron chi connectivity index (χ0n) is 13.9. The Balaban J connectivity index is 2.10. The van der Waals surface area contributed by atoms with Crippen molar-refractivity contribution in [3.8, 4) is 11.8 Å². The van der Waals surface area contributed by atoms with Gasteiger partial charge in [0.15, 0.2) is 0 Å². The predicted octanol–water partition coefficient (Wildman–Crippen LogP) is 4.25. The van der Waals surface area contributed by atoms with Crippen molar-refractivity contribution in [2.75, 3.05) is 5.75 Å². The molecule has 0 fully saturated rings.